The molecule has 0 aromatic heterocycles. The van der Waals surface area contributed by atoms with Gasteiger partial charge in [0.15, 0.2) is 0 Å². The Hall–Kier alpha value is -0.320. The van der Waals surface area contributed by atoms with Crippen molar-refractivity contribution in [1.29, 1.82) is 0 Å². The van der Waals surface area contributed by atoms with E-state index >= 15 is 0 Å². The lowest BCUT2D eigenvalue weighted by Gasteiger charge is -2.23. The van der Waals surface area contributed by atoms with E-state index in [1.807, 2.05) is 6.92 Å². The van der Waals surface area contributed by atoms with Crippen molar-refractivity contribution in [2.75, 3.05) is 30.4 Å². The Morgan fingerprint density at radius 2 is 2.11 bits per heavy atom. The first-order valence-corrected chi connectivity index (χ1v) is 9.15. The molecule has 0 aliphatic carbocycles. The summed E-state index contributed by atoms with van der Waals surface area (Å²) in [6.07, 6.45) is 0. The molecule has 2 unspecified atom stereocenters. The van der Waals surface area contributed by atoms with E-state index in [9.17, 15) is 0 Å². The molecule has 2 rings (SSSR count). The van der Waals surface area contributed by atoms with E-state index in [0.717, 1.165) is 24.2 Å². The second-order valence-electron chi connectivity index (χ2n) is 4.70. The van der Waals surface area contributed by atoms with E-state index in [4.69, 9.17) is 4.74 Å². The topological polar surface area (TPSA) is 21.3 Å². The Kier molecular flexibility index (Phi) is 6.41. The minimum Gasteiger partial charge on any atom is -0.494 e. The van der Waals surface area contributed by atoms with Gasteiger partial charge in [-0.1, -0.05) is 12.1 Å². The maximum Gasteiger partial charge on any atom is 0.119 e. The SMILES string of the molecule is CCOc1ccc(C(C)NCC2CSCCS2)cc1. The van der Waals surface area contributed by atoms with Gasteiger partial charge in [-0.3, -0.25) is 0 Å². The van der Waals surface area contributed by atoms with Crippen LogP contribution in [0.5, 0.6) is 5.75 Å². The fourth-order valence-corrected chi connectivity index (χ4v) is 4.72. The average Bonchev–Trinajstić information content (AvgIpc) is 2.47. The van der Waals surface area contributed by atoms with Crippen LogP contribution in [0.2, 0.25) is 0 Å². The molecule has 2 nitrogen and oxygen atoms in total. The van der Waals surface area contributed by atoms with Crippen molar-refractivity contribution in [2.24, 2.45) is 0 Å². The lowest BCUT2D eigenvalue weighted by atomic mass is 10.1. The smallest absolute Gasteiger partial charge is 0.119 e. The van der Waals surface area contributed by atoms with Crippen LogP contribution in [0.4, 0.5) is 0 Å². The van der Waals surface area contributed by atoms with Gasteiger partial charge in [-0.05, 0) is 31.5 Å². The molecular weight excluding hydrogens is 274 g/mol. The second-order valence-corrected chi connectivity index (χ2v) is 7.26. The zero-order valence-electron chi connectivity index (χ0n) is 11.7. The van der Waals surface area contributed by atoms with Gasteiger partial charge in [0.25, 0.3) is 0 Å². The van der Waals surface area contributed by atoms with Gasteiger partial charge in [0.1, 0.15) is 5.75 Å². The van der Waals surface area contributed by atoms with Gasteiger partial charge in [-0.15, -0.1) is 0 Å². The fourth-order valence-electron chi connectivity index (χ4n) is 2.10. The number of nitrogens with one attached hydrogen (secondary N) is 1. The molecule has 0 spiro atoms. The van der Waals surface area contributed by atoms with Crippen molar-refractivity contribution in [3.8, 4) is 5.75 Å². The Morgan fingerprint density at radius 1 is 1.32 bits per heavy atom. The predicted octanol–water partition coefficient (Wildman–Crippen LogP) is 3.58. The number of hydrogen-bond acceptors (Lipinski definition) is 4. The molecule has 1 aliphatic rings. The summed E-state index contributed by atoms with van der Waals surface area (Å²) >= 11 is 4.19. The zero-order valence-corrected chi connectivity index (χ0v) is 13.4. The van der Waals surface area contributed by atoms with E-state index in [-0.39, 0.29) is 0 Å². The summed E-state index contributed by atoms with van der Waals surface area (Å²) in [5.41, 5.74) is 1.33. The first-order valence-electron chi connectivity index (χ1n) is 6.95. The Bertz CT molecular complexity index is 363. The zero-order chi connectivity index (χ0) is 13.5. The summed E-state index contributed by atoms with van der Waals surface area (Å²) in [4.78, 5) is 0. The van der Waals surface area contributed by atoms with Gasteiger partial charge in [0.05, 0.1) is 6.61 Å². The minimum atomic E-state index is 0.406. The molecule has 0 radical (unpaired) electrons. The molecule has 1 heterocycles. The molecule has 106 valence electrons. The first kappa shape index (κ1) is 15.1. The molecule has 1 N–H and O–H groups in total. The van der Waals surface area contributed by atoms with Crippen molar-refractivity contribution in [1.82, 2.24) is 5.32 Å². The molecule has 0 amide bonds. The van der Waals surface area contributed by atoms with E-state index in [0.29, 0.717) is 6.04 Å². The van der Waals surface area contributed by atoms with Crippen molar-refractivity contribution >= 4 is 23.5 Å². The van der Waals surface area contributed by atoms with Crippen molar-refractivity contribution in [2.45, 2.75) is 25.1 Å². The van der Waals surface area contributed by atoms with Crippen LogP contribution in [-0.4, -0.2) is 35.7 Å². The van der Waals surface area contributed by atoms with Gasteiger partial charge in [0.2, 0.25) is 0 Å². The number of benzene rings is 1. The summed E-state index contributed by atoms with van der Waals surface area (Å²) in [6, 6.07) is 8.84. The van der Waals surface area contributed by atoms with Crippen LogP contribution in [0, 0.1) is 0 Å². The van der Waals surface area contributed by atoms with Gasteiger partial charge in [0, 0.05) is 35.1 Å². The molecule has 1 fully saturated rings. The third kappa shape index (κ3) is 4.93. The van der Waals surface area contributed by atoms with Crippen LogP contribution in [0.25, 0.3) is 0 Å². The van der Waals surface area contributed by atoms with Crippen molar-refractivity contribution in [3.63, 3.8) is 0 Å². The molecule has 1 saturated heterocycles. The largest absolute Gasteiger partial charge is 0.494 e. The van der Waals surface area contributed by atoms with Crippen LogP contribution in [-0.2, 0) is 0 Å². The Morgan fingerprint density at radius 3 is 2.74 bits per heavy atom. The molecule has 1 aromatic carbocycles. The maximum absolute atomic E-state index is 5.47. The maximum atomic E-state index is 5.47. The number of rotatable bonds is 6. The van der Waals surface area contributed by atoms with Gasteiger partial charge < -0.3 is 10.1 Å². The van der Waals surface area contributed by atoms with Gasteiger partial charge >= 0.3 is 0 Å². The highest BCUT2D eigenvalue weighted by Gasteiger charge is 2.15. The van der Waals surface area contributed by atoms with Crippen LogP contribution >= 0.6 is 23.5 Å². The van der Waals surface area contributed by atoms with Crippen LogP contribution in [0.3, 0.4) is 0 Å². The fraction of sp³-hybridized carbons (Fsp3) is 0.600. The number of thioether (sulfide) groups is 2. The Balaban J connectivity index is 1.79. The lowest BCUT2D eigenvalue weighted by molar-refractivity contribution is 0.340. The van der Waals surface area contributed by atoms with E-state index in [2.05, 4.69) is 60.0 Å². The van der Waals surface area contributed by atoms with Crippen molar-refractivity contribution < 1.29 is 4.74 Å². The summed E-state index contributed by atoms with van der Waals surface area (Å²) in [7, 11) is 0. The predicted molar refractivity (Wildman–Crippen MR) is 87.6 cm³/mol. The molecule has 1 aromatic rings. The molecule has 2 atom stereocenters. The van der Waals surface area contributed by atoms with Crippen LogP contribution in [0.15, 0.2) is 24.3 Å². The van der Waals surface area contributed by atoms with E-state index in [1.54, 1.807) is 0 Å². The van der Waals surface area contributed by atoms with Crippen LogP contribution in [0.1, 0.15) is 25.5 Å². The molecule has 4 heteroatoms. The third-order valence-electron chi connectivity index (χ3n) is 3.23. The molecular formula is C15H23NOS2. The van der Waals surface area contributed by atoms with Gasteiger partial charge in [-0.2, -0.15) is 23.5 Å². The van der Waals surface area contributed by atoms with Crippen LogP contribution < -0.4 is 10.1 Å². The minimum absolute atomic E-state index is 0.406. The summed E-state index contributed by atoms with van der Waals surface area (Å²) < 4.78 is 5.47. The monoisotopic (exact) mass is 297 g/mol. The summed E-state index contributed by atoms with van der Waals surface area (Å²) in [5.74, 6) is 4.86. The molecule has 19 heavy (non-hydrogen) atoms. The van der Waals surface area contributed by atoms with E-state index in [1.165, 1.54) is 22.8 Å². The highest BCUT2D eigenvalue weighted by Crippen LogP contribution is 2.24. The average molecular weight is 297 g/mol. The first-order chi connectivity index (χ1) is 9.29. The highest BCUT2D eigenvalue weighted by molar-refractivity contribution is 8.06. The quantitative estimate of drug-likeness (QED) is 0.866. The molecule has 0 saturated carbocycles. The third-order valence-corrected chi connectivity index (χ3v) is 6.07. The molecule has 1 aliphatic heterocycles. The van der Waals surface area contributed by atoms with E-state index < -0.39 is 0 Å². The normalized spacial score (nSPS) is 21.1. The number of hydrogen-bond donors (Lipinski definition) is 1. The number of ether oxygens (including phenoxy) is 1. The summed E-state index contributed by atoms with van der Waals surface area (Å²) in [5, 5.41) is 4.41. The lowest BCUT2D eigenvalue weighted by Crippen LogP contribution is -2.30. The molecule has 0 bridgehead atoms. The Labute approximate surface area is 125 Å². The van der Waals surface area contributed by atoms with Crippen molar-refractivity contribution in [3.05, 3.63) is 29.8 Å². The van der Waals surface area contributed by atoms with Gasteiger partial charge in [-0.25, -0.2) is 0 Å². The second kappa shape index (κ2) is 8.08. The summed E-state index contributed by atoms with van der Waals surface area (Å²) in [6.45, 7) is 6.07. The standard InChI is InChI=1S/C15H23NOS2/c1-3-17-14-6-4-13(5-7-14)12(2)16-10-15-11-18-8-9-19-15/h4-7,12,15-16H,3,8-11H2,1-2H3. The highest BCUT2D eigenvalue weighted by atomic mass is 32.2.